The van der Waals surface area contributed by atoms with E-state index in [2.05, 4.69) is 16.2 Å². The van der Waals surface area contributed by atoms with Gasteiger partial charge in [0.2, 0.25) is 0 Å². The largest absolute Gasteiger partial charge is 0.482 e. The van der Waals surface area contributed by atoms with E-state index in [4.69, 9.17) is 4.74 Å². The first-order valence-electron chi connectivity index (χ1n) is 8.86. The molecule has 2 aromatic carbocycles. The van der Waals surface area contributed by atoms with Crippen LogP contribution in [-0.2, 0) is 4.79 Å². The number of hydrogen-bond donors (Lipinski definition) is 0. The van der Waals surface area contributed by atoms with Gasteiger partial charge in [0.1, 0.15) is 23.4 Å². The molecule has 6 nitrogen and oxygen atoms in total. The zero-order valence-electron chi connectivity index (χ0n) is 14.7. The first-order valence-corrected chi connectivity index (χ1v) is 8.86. The normalized spacial score (nSPS) is 19.9. The highest BCUT2D eigenvalue weighted by Gasteiger charge is 2.49. The Morgan fingerprint density at radius 1 is 1.00 bits per heavy atom. The summed E-state index contributed by atoms with van der Waals surface area (Å²) >= 11 is 0. The van der Waals surface area contributed by atoms with Crippen LogP contribution in [0, 0.1) is 11.3 Å². The van der Waals surface area contributed by atoms with E-state index in [0.29, 0.717) is 28.4 Å². The maximum atomic E-state index is 13.4. The van der Waals surface area contributed by atoms with E-state index in [1.54, 1.807) is 30.5 Å². The second-order valence-corrected chi connectivity index (χ2v) is 6.53. The number of ether oxygens (including phenoxy) is 1. The molecule has 2 aliphatic rings. The van der Waals surface area contributed by atoms with E-state index >= 15 is 0 Å². The van der Waals surface area contributed by atoms with E-state index in [1.807, 2.05) is 42.5 Å². The minimum Gasteiger partial charge on any atom is -0.482 e. The van der Waals surface area contributed by atoms with Gasteiger partial charge < -0.3 is 4.74 Å². The summed E-state index contributed by atoms with van der Waals surface area (Å²) in [5, 5.41) is 15.4. The number of carbonyl (C=O) groups is 1. The fraction of sp³-hybridized carbons (Fsp3) is 0.0909. The molecule has 0 aliphatic carbocycles. The number of nitriles is 1. The number of para-hydroxylation sites is 2. The van der Waals surface area contributed by atoms with Crippen molar-refractivity contribution in [2.24, 2.45) is 5.10 Å². The number of hydrogen-bond acceptors (Lipinski definition) is 5. The topological polar surface area (TPSA) is 78.6 Å². The van der Waals surface area contributed by atoms with Gasteiger partial charge in [0.15, 0.2) is 6.10 Å². The van der Waals surface area contributed by atoms with Crippen molar-refractivity contribution >= 4 is 17.3 Å². The second kappa shape index (κ2) is 6.32. The Kier molecular flexibility index (Phi) is 3.66. The summed E-state index contributed by atoms with van der Waals surface area (Å²) in [5.74, 6) is -0.0975. The predicted octanol–water partition coefficient (Wildman–Crippen LogP) is 3.25. The van der Waals surface area contributed by atoms with Crippen molar-refractivity contribution in [1.82, 2.24) is 4.98 Å². The Morgan fingerprint density at radius 2 is 1.79 bits per heavy atom. The highest BCUT2D eigenvalue weighted by Crippen LogP contribution is 2.43. The molecule has 2 aliphatic heterocycles. The molecular weight excluding hydrogens is 352 g/mol. The van der Waals surface area contributed by atoms with Crippen LogP contribution in [0.1, 0.15) is 22.7 Å². The Morgan fingerprint density at radius 3 is 2.61 bits per heavy atom. The summed E-state index contributed by atoms with van der Waals surface area (Å²) in [6.07, 6.45) is 1.13. The number of carbonyl (C=O) groups excluding carboxylic acids is 1. The Bertz CT molecular complexity index is 1150. The summed E-state index contributed by atoms with van der Waals surface area (Å²) in [7, 11) is 0. The summed E-state index contributed by atoms with van der Waals surface area (Å²) in [4.78, 5) is 17.8. The van der Waals surface area contributed by atoms with Crippen LogP contribution in [-0.4, -0.2) is 22.7 Å². The van der Waals surface area contributed by atoms with Crippen molar-refractivity contribution in [3.05, 3.63) is 89.7 Å². The van der Waals surface area contributed by atoms with Gasteiger partial charge in [0.25, 0.3) is 5.91 Å². The van der Waals surface area contributed by atoms with Crippen LogP contribution in [0.3, 0.4) is 0 Å². The maximum Gasteiger partial charge on any atom is 0.259 e. The molecular formula is C22H14N4O2. The lowest BCUT2D eigenvalue weighted by Crippen LogP contribution is -2.47. The molecule has 0 radical (unpaired) electrons. The van der Waals surface area contributed by atoms with E-state index < -0.39 is 12.0 Å². The molecule has 2 unspecified atom stereocenters. The van der Waals surface area contributed by atoms with Gasteiger partial charge in [-0.05, 0) is 30.3 Å². The Labute approximate surface area is 161 Å². The minimum atomic E-state index is -0.551. The number of pyridine rings is 1. The van der Waals surface area contributed by atoms with Crippen LogP contribution in [0.5, 0.6) is 5.75 Å². The van der Waals surface area contributed by atoms with Gasteiger partial charge in [-0.2, -0.15) is 15.4 Å². The molecule has 0 saturated heterocycles. The van der Waals surface area contributed by atoms with Gasteiger partial charge >= 0.3 is 0 Å². The molecule has 6 heteroatoms. The molecule has 0 spiro atoms. The minimum absolute atomic E-state index is 0.225. The number of fused-ring (bicyclic) bond motifs is 3. The first-order chi connectivity index (χ1) is 13.8. The number of aromatic nitrogens is 1. The highest BCUT2D eigenvalue weighted by atomic mass is 16.5. The van der Waals surface area contributed by atoms with Crippen LogP contribution in [0.25, 0.3) is 0 Å². The third-order valence-corrected chi connectivity index (χ3v) is 4.94. The third-order valence-electron chi connectivity index (χ3n) is 4.94. The van der Waals surface area contributed by atoms with Crippen molar-refractivity contribution in [2.75, 3.05) is 5.01 Å². The van der Waals surface area contributed by atoms with E-state index in [9.17, 15) is 10.1 Å². The second-order valence-electron chi connectivity index (χ2n) is 6.53. The number of benzene rings is 2. The number of rotatable bonds is 2. The molecule has 3 heterocycles. The summed E-state index contributed by atoms with van der Waals surface area (Å²) in [5.41, 5.74) is 2.85. The van der Waals surface area contributed by atoms with Crippen LogP contribution in [0.15, 0.2) is 78.0 Å². The summed E-state index contributed by atoms with van der Waals surface area (Å²) < 4.78 is 6.11. The fourth-order valence-electron chi connectivity index (χ4n) is 3.67. The third kappa shape index (κ3) is 2.37. The standard InChI is InChI=1S/C22H14N4O2/c23-13-14-7-1-3-10-17(14)26-22(27)19-15-8-2-4-11-18(15)28-21(19)20(25-26)16-9-5-6-12-24-16/h1-12,19,21H. The smallest absolute Gasteiger partial charge is 0.259 e. The molecule has 2 atom stereocenters. The average molecular weight is 366 g/mol. The quantitative estimate of drug-likeness (QED) is 0.697. The van der Waals surface area contributed by atoms with Crippen molar-refractivity contribution in [3.8, 4) is 11.8 Å². The number of nitrogens with zero attached hydrogens (tertiary/aromatic N) is 4. The maximum absolute atomic E-state index is 13.4. The molecule has 5 rings (SSSR count). The predicted molar refractivity (Wildman–Crippen MR) is 103 cm³/mol. The van der Waals surface area contributed by atoms with Crippen molar-refractivity contribution in [1.29, 1.82) is 5.26 Å². The summed E-state index contributed by atoms with van der Waals surface area (Å²) in [6.45, 7) is 0. The van der Waals surface area contributed by atoms with Crippen LogP contribution >= 0.6 is 0 Å². The highest BCUT2D eigenvalue weighted by molar-refractivity contribution is 6.14. The zero-order valence-corrected chi connectivity index (χ0v) is 14.7. The average Bonchev–Trinajstić information content (AvgIpc) is 3.15. The van der Waals surface area contributed by atoms with E-state index in [1.165, 1.54) is 5.01 Å². The molecule has 1 aromatic heterocycles. The molecule has 0 fully saturated rings. The Balaban J connectivity index is 1.72. The molecule has 28 heavy (non-hydrogen) atoms. The zero-order chi connectivity index (χ0) is 19.1. The fourth-order valence-corrected chi connectivity index (χ4v) is 3.67. The van der Waals surface area contributed by atoms with Crippen LogP contribution < -0.4 is 9.75 Å². The molecule has 0 N–H and O–H groups in total. The van der Waals surface area contributed by atoms with E-state index in [-0.39, 0.29) is 5.91 Å². The molecule has 0 bridgehead atoms. The number of hydrazone groups is 1. The number of amides is 1. The van der Waals surface area contributed by atoms with Gasteiger partial charge in [-0.3, -0.25) is 9.78 Å². The number of anilines is 1. The Hall–Kier alpha value is -3.98. The molecule has 0 saturated carbocycles. The van der Waals surface area contributed by atoms with Crippen LogP contribution in [0.2, 0.25) is 0 Å². The van der Waals surface area contributed by atoms with Gasteiger partial charge in [-0.1, -0.05) is 36.4 Å². The van der Waals surface area contributed by atoms with Crippen molar-refractivity contribution in [2.45, 2.75) is 12.0 Å². The van der Waals surface area contributed by atoms with Crippen molar-refractivity contribution in [3.63, 3.8) is 0 Å². The lowest BCUT2D eigenvalue weighted by Gasteiger charge is -2.31. The van der Waals surface area contributed by atoms with E-state index in [0.717, 1.165) is 5.56 Å². The van der Waals surface area contributed by atoms with Gasteiger partial charge in [-0.25, -0.2) is 0 Å². The lowest BCUT2D eigenvalue weighted by atomic mass is 9.89. The SMILES string of the molecule is N#Cc1ccccc1N1N=C(c2ccccn2)C2Oc3ccccc3C2C1=O. The molecule has 1 amide bonds. The monoisotopic (exact) mass is 366 g/mol. The van der Waals surface area contributed by atoms with Gasteiger partial charge in [0.05, 0.1) is 16.9 Å². The van der Waals surface area contributed by atoms with Crippen molar-refractivity contribution < 1.29 is 9.53 Å². The lowest BCUT2D eigenvalue weighted by molar-refractivity contribution is -0.121. The summed E-state index contributed by atoms with van der Waals surface area (Å²) in [6, 6.07) is 22.1. The first kappa shape index (κ1) is 16.2. The molecule has 134 valence electrons. The van der Waals surface area contributed by atoms with Crippen LogP contribution in [0.4, 0.5) is 5.69 Å². The molecule has 3 aromatic rings. The van der Waals surface area contributed by atoms with Gasteiger partial charge in [0, 0.05) is 11.8 Å². The van der Waals surface area contributed by atoms with Gasteiger partial charge in [-0.15, -0.1) is 0 Å².